The molecular weight excluding hydrogens is 504 g/mol. The Bertz CT molecular complexity index is 745. The van der Waals surface area contributed by atoms with Crippen LogP contribution in [0.3, 0.4) is 0 Å². The molecule has 17 heteroatoms. The van der Waals surface area contributed by atoms with E-state index in [1.165, 1.54) is 0 Å². The molecule has 0 aromatic heterocycles. The lowest BCUT2D eigenvalue weighted by Gasteiger charge is -2.47. The molecule has 11 N–H and O–H groups in total. The van der Waals surface area contributed by atoms with Crippen LogP contribution in [-0.4, -0.2) is 166 Å². The van der Waals surface area contributed by atoms with Gasteiger partial charge in [-0.3, -0.25) is 0 Å². The van der Waals surface area contributed by atoms with Crippen molar-refractivity contribution in [3.05, 3.63) is 0 Å². The SMILES string of the molecule is OC[C@H]1OC2(O[C@H]3[C@H](O)[C@@H](O)C(O[C@H]4[C@H](O)[C@@H](O)[C@@H](O)O[C@@H]4CO)O[C@@H]3CO)S[C@]2(O)[C@@H](O)[C@@H]1O. The van der Waals surface area contributed by atoms with Gasteiger partial charge in [-0.1, -0.05) is 0 Å². The van der Waals surface area contributed by atoms with E-state index in [9.17, 15) is 56.2 Å². The van der Waals surface area contributed by atoms with Gasteiger partial charge in [-0.25, -0.2) is 0 Å². The molecule has 16 nitrogen and oxygen atoms in total. The van der Waals surface area contributed by atoms with Crippen LogP contribution in [0, 0.1) is 0 Å². The second-order valence-electron chi connectivity index (χ2n) is 8.75. The average Bonchev–Trinajstić information content (AvgIpc) is 3.45. The van der Waals surface area contributed by atoms with E-state index >= 15 is 0 Å². The minimum Gasteiger partial charge on any atom is -0.394 e. The molecular formula is C18H30O16S. The number of ether oxygens (including phenoxy) is 5. The third-order valence-corrected chi connectivity index (χ3v) is 7.91. The van der Waals surface area contributed by atoms with Gasteiger partial charge in [0, 0.05) is 0 Å². The zero-order valence-electron chi connectivity index (χ0n) is 18.0. The summed E-state index contributed by atoms with van der Waals surface area (Å²) in [4.78, 5) is -2.19. The van der Waals surface area contributed by atoms with Crippen molar-refractivity contribution in [1.29, 1.82) is 0 Å². The smallest absolute Gasteiger partial charge is 0.265 e. The van der Waals surface area contributed by atoms with Crippen molar-refractivity contribution < 1.29 is 79.9 Å². The molecule has 0 radical (unpaired) electrons. The van der Waals surface area contributed by atoms with Gasteiger partial charge in [0.05, 0.1) is 19.8 Å². The van der Waals surface area contributed by atoms with Crippen molar-refractivity contribution >= 4 is 11.8 Å². The summed E-state index contributed by atoms with van der Waals surface area (Å²) >= 11 is 0.522. The minimum atomic E-state index is -2.19. The quantitative estimate of drug-likeness (QED) is 0.135. The summed E-state index contributed by atoms with van der Waals surface area (Å²) < 4.78 is 26.9. The van der Waals surface area contributed by atoms with Gasteiger partial charge in [-0.2, -0.15) is 0 Å². The molecule has 35 heavy (non-hydrogen) atoms. The molecule has 0 spiro atoms. The fourth-order valence-corrected chi connectivity index (χ4v) is 5.56. The Morgan fingerprint density at radius 3 is 1.86 bits per heavy atom. The third kappa shape index (κ3) is 4.51. The van der Waals surface area contributed by atoms with Gasteiger partial charge >= 0.3 is 0 Å². The third-order valence-electron chi connectivity index (χ3n) is 6.52. The van der Waals surface area contributed by atoms with Crippen molar-refractivity contribution in [3.63, 3.8) is 0 Å². The first kappa shape index (κ1) is 27.7. The summed E-state index contributed by atoms with van der Waals surface area (Å²) in [7, 11) is 0. The molecule has 204 valence electrons. The molecule has 0 amide bonds. The van der Waals surface area contributed by atoms with Crippen LogP contribution in [0.5, 0.6) is 0 Å². The van der Waals surface area contributed by atoms with Crippen molar-refractivity contribution in [2.24, 2.45) is 0 Å². The van der Waals surface area contributed by atoms with E-state index in [2.05, 4.69) is 0 Å². The van der Waals surface area contributed by atoms with Crippen molar-refractivity contribution in [1.82, 2.24) is 0 Å². The van der Waals surface area contributed by atoms with E-state index in [1.54, 1.807) is 0 Å². The van der Waals surface area contributed by atoms with Crippen LogP contribution in [0.4, 0.5) is 0 Å². The van der Waals surface area contributed by atoms with Crippen LogP contribution in [-0.2, 0) is 23.7 Å². The molecule has 4 aliphatic rings. The molecule has 4 heterocycles. The highest BCUT2D eigenvalue weighted by atomic mass is 32.2. The standard InChI is InChI=1S/C18H30O16S/c19-1-4-7(22)14(27)17(29)18(33-4,35-17)34-13-6(3-21)31-16(11(26)9(13)24)32-12-5(2-20)30-15(28)10(25)8(12)23/h4-16,19-29H,1-3H2/t4-,5-,6-,7-,8-,9-,10-,11-,12-,13-,14+,15+,16?,17-,18?/m1/s1. The first-order chi connectivity index (χ1) is 16.4. The number of rotatable bonds is 7. The van der Waals surface area contributed by atoms with Crippen LogP contribution in [0.1, 0.15) is 0 Å². The predicted molar refractivity (Wildman–Crippen MR) is 107 cm³/mol. The van der Waals surface area contributed by atoms with Crippen LogP contribution in [0.15, 0.2) is 0 Å². The largest absolute Gasteiger partial charge is 0.394 e. The van der Waals surface area contributed by atoms with E-state index in [0.717, 1.165) is 0 Å². The topological polar surface area (TPSA) is 269 Å². The second-order valence-corrected chi connectivity index (χ2v) is 10.1. The Morgan fingerprint density at radius 2 is 1.26 bits per heavy atom. The highest BCUT2D eigenvalue weighted by molar-refractivity contribution is 8.09. The van der Waals surface area contributed by atoms with Gasteiger partial charge in [-0.15, -0.1) is 0 Å². The molecule has 4 saturated heterocycles. The summed E-state index contributed by atoms with van der Waals surface area (Å²) in [5.41, 5.74) is 0. The van der Waals surface area contributed by atoms with Crippen LogP contribution in [0.2, 0.25) is 0 Å². The fraction of sp³-hybridized carbons (Fsp3) is 1.00. The van der Waals surface area contributed by atoms with Crippen molar-refractivity contribution in [2.45, 2.75) is 89.8 Å². The summed E-state index contributed by atoms with van der Waals surface area (Å²) in [5, 5.41) is 108. The van der Waals surface area contributed by atoms with E-state index in [-0.39, 0.29) is 0 Å². The highest BCUT2D eigenvalue weighted by Gasteiger charge is 2.82. The Kier molecular flexibility index (Phi) is 8.02. The van der Waals surface area contributed by atoms with Gasteiger partial charge in [-0.05, 0) is 11.8 Å². The average molecular weight is 534 g/mol. The lowest BCUT2D eigenvalue weighted by molar-refractivity contribution is -0.378. The van der Waals surface area contributed by atoms with Crippen LogP contribution in [0.25, 0.3) is 0 Å². The zero-order chi connectivity index (χ0) is 25.9. The fourth-order valence-electron chi connectivity index (χ4n) is 4.39. The van der Waals surface area contributed by atoms with E-state index in [4.69, 9.17) is 23.7 Å². The Labute approximate surface area is 201 Å². The molecule has 4 rings (SSSR count). The maximum atomic E-state index is 10.7. The zero-order valence-corrected chi connectivity index (χ0v) is 18.8. The highest BCUT2D eigenvalue weighted by Crippen LogP contribution is 2.69. The van der Waals surface area contributed by atoms with Gasteiger partial charge in [0.25, 0.3) is 5.12 Å². The van der Waals surface area contributed by atoms with E-state index < -0.39 is 110 Å². The van der Waals surface area contributed by atoms with Gasteiger partial charge in [0.15, 0.2) is 12.6 Å². The number of aliphatic hydroxyl groups is 11. The normalized spacial score (nSPS) is 56.5. The number of aliphatic hydroxyl groups excluding tert-OH is 10. The molecule has 2 unspecified atom stereocenters. The lowest BCUT2D eigenvalue weighted by Crippen LogP contribution is -2.66. The summed E-state index contributed by atoms with van der Waals surface area (Å²) in [5.74, 6) is 0. The molecule has 0 aromatic carbocycles. The molecule has 0 aliphatic carbocycles. The van der Waals surface area contributed by atoms with E-state index in [0.29, 0.717) is 11.8 Å². The predicted octanol–water partition coefficient (Wildman–Crippen LogP) is -7.17. The Balaban J connectivity index is 1.49. The van der Waals surface area contributed by atoms with Gasteiger partial charge < -0.3 is 79.9 Å². The number of thioether (sulfide) groups is 1. The number of hydrogen-bond acceptors (Lipinski definition) is 17. The van der Waals surface area contributed by atoms with Crippen molar-refractivity contribution in [3.8, 4) is 0 Å². The maximum Gasteiger partial charge on any atom is 0.265 e. The number of fused-ring (bicyclic) bond motifs is 1. The molecule has 0 aromatic rings. The molecule has 15 atom stereocenters. The second kappa shape index (κ2) is 10.1. The molecule has 0 saturated carbocycles. The maximum absolute atomic E-state index is 10.7. The molecule has 4 fully saturated rings. The van der Waals surface area contributed by atoms with E-state index in [1.807, 2.05) is 0 Å². The number of hydrogen-bond donors (Lipinski definition) is 11. The van der Waals surface area contributed by atoms with Gasteiger partial charge in [0.2, 0.25) is 4.93 Å². The summed E-state index contributed by atoms with van der Waals surface area (Å²) in [6.07, 6.45) is -21.7. The van der Waals surface area contributed by atoms with Crippen LogP contribution < -0.4 is 0 Å². The Hall–Kier alpha value is -0.290. The molecule has 4 aliphatic heterocycles. The van der Waals surface area contributed by atoms with Gasteiger partial charge in [0.1, 0.15) is 67.1 Å². The lowest BCUT2D eigenvalue weighted by atomic mass is 9.96. The first-order valence-corrected chi connectivity index (χ1v) is 11.6. The van der Waals surface area contributed by atoms with Crippen molar-refractivity contribution in [2.75, 3.05) is 19.8 Å². The minimum absolute atomic E-state index is 0.522. The first-order valence-electron chi connectivity index (χ1n) is 10.8. The summed E-state index contributed by atoms with van der Waals surface area (Å²) in [6.45, 7) is -2.33. The summed E-state index contributed by atoms with van der Waals surface area (Å²) in [6, 6.07) is 0. The van der Waals surface area contributed by atoms with Crippen LogP contribution >= 0.6 is 11.8 Å². The monoisotopic (exact) mass is 534 g/mol. The Morgan fingerprint density at radius 1 is 0.686 bits per heavy atom. The molecule has 0 bridgehead atoms.